The van der Waals surface area contributed by atoms with E-state index in [4.69, 9.17) is 4.52 Å². The van der Waals surface area contributed by atoms with Crippen LogP contribution in [0.15, 0.2) is 21.5 Å². The van der Waals surface area contributed by atoms with Gasteiger partial charge in [0.05, 0.1) is 6.54 Å². The average molecular weight is 259 g/mol. The van der Waals surface area contributed by atoms with Gasteiger partial charge in [0.2, 0.25) is 5.89 Å². The third kappa shape index (κ3) is 2.09. The van der Waals surface area contributed by atoms with Crippen LogP contribution in [0, 0.1) is 6.92 Å². The van der Waals surface area contributed by atoms with Gasteiger partial charge in [-0.3, -0.25) is 9.59 Å². The van der Waals surface area contributed by atoms with Gasteiger partial charge in [0.25, 0.3) is 5.56 Å². The molecule has 2 aromatic heterocycles. The lowest BCUT2D eigenvalue weighted by atomic mass is 9.94. The summed E-state index contributed by atoms with van der Waals surface area (Å²) in [7, 11) is 0. The first kappa shape index (κ1) is 11.8. The van der Waals surface area contributed by atoms with Crippen LogP contribution in [0.5, 0.6) is 0 Å². The SMILES string of the molecule is Cc1nc(Cn2c3c(ccc2=O)C(=O)CCC3)no1. The first-order valence-corrected chi connectivity index (χ1v) is 6.20. The van der Waals surface area contributed by atoms with E-state index in [1.54, 1.807) is 17.6 Å². The van der Waals surface area contributed by atoms with Crippen molar-refractivity contribution in [3.63, 3.8) is 0 Å². The van der Waals surface area contributed by atoms with Gasteiger partial charge in [-0.15, -0.1) is 0 Å². The second kappa shape index (κ2) is 4.46. The molecule has 1 aliphatic rings. The van der Waals surface area contributed by atoms with E-state index in [2.05, 4.69) is 10.1 Å². The van der Waals surface area contributed by atoms with Gasteiger partial charge in [0.1, 0.15) is 0 Å². The predicted molar refractivity (Wildman–Crippen MR) is 66.1 cm³/mol. The largest absolute Gasteiger partial charge is 0.340 e. The molecule has 1 aliphatic carbocycles. The maximum Gasteiger partial charge on any atom is 0.251 e. The molecule has 0 unspecified atom stereocenters. The van der Waals surface area contributed by atoms with E-state index in [-0.39, 0.29) is 17.9 Å². The topological polar surface area (TPSA) is 78.0 Å². The summed E-state index contributed by atoms with van der Waals surface area (Å²) in [6.07, 6.45) is 2.06. The number of hydrogen-bond acceptors (Lipinski definition) is 5. The minimum absolute atomic E-state index is 0.0966. The average Bonchev–Trinajstić information content (AvgIpc) is 2.79. The minimum Gasteiger partial charge on any atom is -0.340 e. The van der Waals surface area contributed by atoms with Crippen molar-refractivity contribution in [3.8, 4) is 0 Å². The summed E-state index contributed by atoms with van der Waals surface area (Å²) < 4.78 is 6.46. The van der Waals surface area contributed by atoms with Gasteiger partial charge in [-0.25, -0.2) is 0 Å². The maximum atomic E-state index is 12.0. The molecule has 6 nitrogen and oxygen atoms in total. The molecule has 0 aliphatic heterocycles. The lowest BCUT2D eigenvalue weighted by Crippen LogP contribution is -2.28. The van der Waals surface area contributed by atoms with E-state index >= 15 is 0 Å². The van der Waals surface area contributed by atoms with Gasteiger partial charge >= 0.3 is 0 Å². The molecule has 19 heavy (non-hydrogen) atoms. The first-order valence-electron chi connectivity index (χ1n) is 6.20. The Balaban J connectivity index is 2.07. The van der Waals surface area contributed by atoms with Crippen molar-refractivity contribution in [2.24, 2.45) is 0 Å². The summed E-state index contributed by atoms with van der Waals surface area (Å²) in [6, 6.07) is 3.05. The molecule has 0 atom stereocenters. The molecule has 3 rings (SSSR count). The molecule has 0 saturated carbocycles. The zero-order chi connectivity index (χ0) is 13.4. The van der Waals surface area contributed by atoms with E-state index in [9.17, 15) is 9.59 Å². The second-order valence-electron chi connectivity index (χ2n) is 4.62. The van der Waals surface area contributed by atoms with Gasteiger partial charge in [-0.1, -0.05) is 5.16 Å². The Bertz CT molecular complexity index is 699. The van der Waals surface area contributed by atoms with Crippen molar-refractivity contribution in [2.45, 2.75) is 32.7 Å². The molecule has 98 valence electrons. The number of aromatic nitrogens is 3. The summed E-state index contributed by atoms with van der Waals surface area (Å²) in [6.45, 7) is 1.94. The molecule has 0 spiro atoms. The molecule has 0 fully saturated rings. The summed E-state index contributed by atoms with van der Waals surface area (Å²) in [5.41, 5.74) is 1.29. The highest BCUT2D eigenvalue weighted by molar-refractivity contribution is 5.97. The Morgan fingerprint density at radius 3 is 2.89 bits per heavy atom. The summed E-state index contributed by atoms with van der Waals surface area (Å²) in [4.78, 5) is 27.9. The van der Waals surface area contributed by atoms with Crippen molar-refractivity contribution >= 4 is 5.78 Å². The molecule has 2 heterocycles. The number of hydrogen-bond donors (Lipinski definition) is 0. The summed E-state index contributed by atoms with van der Waals surface area (Å²) >= 11 is 0. The zero-order valence-corrected chi connectivity index (χ0v) is 10.5. The van der Waals surface area contributed by atoms with Gasteiger partial charge in [0, 0.05) is 30.7 Å². The zero-order valence-electron chi connectivity index (χ0n) is 10.5. The van der Waals surface area contributed by atoms with Gasteiger partial charge < -0.3 is 9.09 Å². The number of rotatable bonds is 2. The molecule has 0 saturated heterocycles. The van der Waals surface area contributed by atoms with Crippen LogP contribution in [0.25, 0.3) is 0 Å². The Kier molecular flexibility index (Phi) is 2.77. The van der Waals surface area contributed by atoms with Crippen LogP contribution in [0.2, 0.25) is 0 Å². The Morgan fingerprint density at radius 2 is 2.16 bits per heavy atom. The second-order valence-corrected chi connectivity index (χ2v) is 4.62. The molecule has 6 heteroatoms. The van der Waals surface area contributed by atoms with Crippen LogP contribution >= 0.6 is 0 Å². The Labute approximate surface area is 109 Å². The number of aryl methyl sites for hydroxylation is 1. The fourth-order valence-corrected chi connectivity index (χ4v) is 2.41. The lowest BCUT2D eigenvalue weighted by molar-refractivity contribution is 0.0970. The minimum atomic E-state index is -0.143. The molecule has 0 bridgehead atoms. The van der Waals surface area contributed by atoms with E-state index < -0.39 is 0 Å². The van der Waals surface area contributed by atoms with Gasteiger partial charge in [-0.2, -0.15) is 4.98 Å². The highest BCUT2D eigenvalue weighted by Gasteiger charge is 2.21. The van der Waals surface area contributed by atoms with Crippen LogP contribution in [-0.2, 0) is 13.0 Å². The van der Waals surface area contributed by atoms with Crippen molar-refractivity contribution < 1.29 is 9.32 Å². The van der Waals surface area contributed by atoms with Gasteiger partial charge in [-0.05, 0) is 18.9 Å². The molecular formula is C13H13N3O3. The fraction of sp³-hybridized carbons (Fsp3) is 0.385. The number of fused-ring (bicyclic) bond motifs is 1. The molecule has 0 aromatic carbocycles. The molecular weight excluding hydrogens is 246 g/mol. The van der Waals surface area contributed by atoms with Crippen molar-refractivity contribution in [1.29, 1.82) is 0 Å². The first-order chi connectivity index (χ1) is 9.15. The Hall–Kier alpha value is -2.24. The monoisotopic (exact) mass is 259 g/mol. The highest BCUT2D eigenvalue weighted by Crippen LogP contribution is 2.20. The van der Waals surface area contributed by atoms with Crippen molar-refractivity contribution in [1.82, 2.24) is 14.7 Å². The van der Waals surface area contributed by atoms with Crippen LogP contribution in [0.4, 0.5) is 0 Å². The predicted octanol–water partition coefficient (Wildman–Crippen LogP) is 1.11. The Morgan fingerprint density at radius 1 is 1.32 bits per heavy atom. The van der Waals surface area contributed by atoms with E-state index in [1.807, 2.05) is 0 Å². The molecule has 2 aromatic rings. The van der Waals surface area contributed by atoms with Crippen LogP contribution in [0.1, 0.15) is 40.6 Å². The standard InChI is InChI=1S/C13H13N3O3/c1-8-14-12(15-19-8)7-16-10-3-2-4-11(17)9(10)5-6-13(16)18/h5-6H,2-4,7H2,1H3. The number of carbonyl (C=O) groups excluding carboxylic acids is 1. The van der Waals surface area contributed by atoms with Crippen molar-refractivity contribution in [2.75, 3.05) is 0 Å². The van der Waals surface area contributed by atoms with E-state index in [1.165, 1.54) is 6.07 Å². The summed E-state index contributed by atoms with van der Waals surface area (Å²) in [5.74, 6) is 1.01. The number of Topliss-reactive ketones (excluding diaryl/α,β-unsaturated/α-hetero) is 1. The quantitative estimate of drug-likeness (QED) is 0.807. The third-order valence-electron chi connectivity index (χ3n) is 3.28. The molecule has 0 amide bonds. The number of carbonyl (C=O) groups is 1. The number of nitrogens with zero attached hydrogens (tertiary/aromatic N) is 3. The van der Waals surface area contributed by atoms with Crippen LogP contribution < -0.4 is 5.56 Å². The van der Waals surface area contributed by atoms with Crippen molar-refractivity contribution in [3.05, 3.63) is 45.5 Å². The number of ketones is 1. The van der Waals surface area contributed by atoms with Crippen LogP contribution in [-0.4, -0.2) is 20.5 Å². The number of pyridine rings is 1. The lowest BCUT2D eigenvalue weighted by Gasteiger charge is -2.18. The normalized spacial score (nSPS) is 14.5. The molecule has 0 radical (unpaired) electrons. The summed E-state index contributed by atoms with van der Waals surface area (Å²) in [5, 5.41) is 3.79. The van der Waals surface area contributed by atoms with Crippen LogP contribution in [0.3, 0.4) is 0 Å². The third-order valence-corrected chi connectivity index (χ3v) is 3.28. The fourth-order valence-electron chi connectivity index (χ4n) is 2.41. The maximum absolute atomic E-state index is 12.0. The van der Waals surface area contributed by atoms with E-state index in [0.717, 1.165) is 18.5 Å². The molecule has 0 N–H and O–H groups in total. The highest BCUT2D eigenvalue weighted by atomic mass is 16.5. The smallest absolute Gasteiger partial charge is 0.251 e. The van der Waals surface area contributed by atoms with Gasteiger partial charge in [0.15, 0.2) is 11.6 Å². The van der Waals surface area contributed by atoms with E-state index in [0.29, 0.717) is 23.7 Å².